The van der Waals surface area contributed by atoms with E-state index in [2.05, 4.69) is 27.7 Å². The number of allylic oxidation sites excluding steroid dienone is 1. The Labute approximate surface area is 201 Å². The number of aliphatic hydroxyl groups excluding tert-OH is 2. The van der Waals surface area contributed by atoms with Crippen LogP contribution < -0.4 is 0 Å². The first-order valence-electron chi connectivity index (χ1n) is 13.3. The fourth-order valence-corrected chi connectivity index (χ4v) is 9.38. The Morgan fingerprint density at radius 2 is 1.94 bits per heavy atom. The van der Waals surface area contributed by atoms with Gasteiger partial charge in [0.1, 0.15) is 16.8 Å². The Morgan fingerprint density at radius 1 is 1.18 bits per heavy atom. The van der Waals surface area contributed by atoms with Crippen molar-refractivity contribution in [1.82, 2.24) is 0 Å². The smallest absolute Gasteiger partial charge is 0.186 e. The van der Waals surface area contributed by atoms with Crippen LogP contribution in [0.3, 0.4) is 0 Å². The average molecular weight is 471 g/mol. The molecule has 7 rings (SSSR count). The van der Waals surface area contributed by atoms with Crippen molar-refractivity contribution in [2.24, 2.45) is 28.6 Å². The van der Waals surface area contributed by atoms with Crippen LogP contribution in [0.25, 0.3) is 0 Å². The number of hydrogen-bond acceptors (Lipinski definition) is 6. The van der Waals surface area contributed by atoms with Crippen LogP contribution in [0.2, 0.25) is 0 Å². The van der Waals surface area contributed by atoms with E-state index < -0.39 is 28.8 Å². The van der Waals surface area contributed by atoms with E-state index in [0.717, 1.165) is 32.1 Å². The lowest BCUT2D eigenvalue weighted by Crippen LogP contribution is -2.57. The molecule has 0 radical (unpaired) electrons. The molecule has 3 saturated heterocycles. The number of epoxide rings is 2. The van der Waals surface area contributed by atoms with Crippen molar-refractivity contribution >= 4 is 5.78 Å². The molecule has 12 atom stereocenters. The lowest BCUT2D eigenvalue weighted by atomic mass is 9.49. The van der Waals surface area contributed by atoms with Gasteiger partial charge in [0.2, 0.25) is 0 Å². The highest BCUT2D eigenvalue weighted by molar-refractivity contribution is 5.97. The first-order chi connectivity index (χ1) is 15.9. The topological polar surface area (TPSA) is 91.8 Å². The van der Waals surface area contributed by atoms with Gasteiger partial charge in [-0.15, -0.1) is 0 Å². The number of ketones is 1. The molecular weight excluding hydrogens is 432 g/mol. The minimum absolute atomic E-state index is 0.0291. The summed E-state index contributed by atoms with van der Waals surface area (Å²) >= 11 is 0. The summed E-state index contributed by atoms with van der Waals surface area (Å²) in [6, 6.07) is 0. The van der Waals surface area contributed by atoms with Crippen LogP contribution in [-0.4, -0.2) is 57.4 Å². The maximum absolute atomic E-state index is 13.3. The molecule has 6 heteroatoms. The Morgan fingerprint density at radius 3 is 2.68 bits per heavy atom. The van der Waals surface area contributed by atoms with Gasteiger partial charge in [-0.3, -0.25) is 4.79 Å². The predicted molar refractivity (Wildman–Crippen MR) is 124 cm³/mol. The molecule has 0 unspecified atom stereocenters. The molecule has 0 aromatic carbocycles. The summed E-state index contributed by atoms with van der Waals surface area (Å²) in [5.74, 6) is 0.805. The first-order valence-corrected chi connectivity index (χ1v) is 13.3. The van der Waals surface area contributed by atoms with Gasteiger partial charge in [0.05, 0.1) is 23.7 Å². The molecule has 186 valence electrons. The normalized spacial score (nSPS) is 60.0. The van der Waals surface area contributed by atoms with Crippen molar-refractivity contribution in [1.29, 1.82) is 0 Å². The van der Waals surface area contributed by atoms with Crippen molar-refractivity contribution in [2.75, 3.05) is 0 Å². The summed E-state index contributed by atoms with van der Waals surface area (Å²) in [4.78, 5) is 13.3. The fourth-order valence-electron chi connectivity index (χ4n) is 9.38. The van der Waals surface area contributed by atoms with Gasteiger partial charge in [0.15, 0.2) is 12.1 Å². The Hall–Kier alpha value is -1.05. The number of fused-ring (bicyclic) bond motifs is 4. The van der Waals surface area contributed by atoms with Crippen LogP contribution in [0, 0.1) is 28.6 Å². The molecule has 1 spiro atoms. The van der Waals surface area contributed by atoms with E-state index in [1.54, 1.807) is 6.08 Å². The zero-order valence-electron chi connectivity index (χ0n) is 21.0. The van der Waals surface area contributed by atoms with E-state index in [1.165, 1.54) is 11.1 Å². The zero-order valence-corrected chi connectivity index (χ0v) is 21.0. The number of hydrogen-bond donors (Lipinski definition) is 2. The van der Waals surface area contributed by atoms with Crippen molar-refractivity contribution in [3.8, 4) is 0 Å². The monoisotopic (exact) mass is 470 g/mol. The summed E-state index contributed by atoms with van der Waals surface area (Å²) < 4.78 is 18.4. The van der Waals surface area contributed by atoms with E-state index in [9.17, 15) is 15.0 Å². The molecule has 34 heavy (non-hydrogen) atoms. The zero-order chi connectivity index (χ0) is 24.1. The Bertz CT molecular complexity index is 1050. The van der Waals surface area contributed by atoms with Crippen LogP contribution in [-0.2, 0) is 19.0 Å². The SMILES string of the molecule is C[C@H]([C@H]1C[C@]2(C)O[C@]2(C)[C@H](O)O1)[C@@]1(C)C2=C(C[C@H]1O)[C@@H]1C[C@@H]3O[C@@]34CC=CC(=O)[C@]4(C)[C@H]1CC2. The molecule has 4 fully saturated rings. The summed E-state index contributed by atoms with van der Waals surface area (Å²) in [5, 5.41) is 22.2. The fraction of sp³-hybridized carbons (Fsp3) is 0.821. The molecule has 1 saturated carbocycles. The van der Waals surface area contributed by atoms with E-state index in [-0.39, 0.29) is 41.0 Å². The van der Waals surface area contributed by atoms with Gasteiger partial charge in [-0.05, 0) is 76.7 Å². The molecule has 6 nitrogen and oxygen atoms in total. The maximum Gasteiger partial charge on any atom is 0.186 e. The number of rotatable bonds is 2. The standard InChI is InChI=1S/C28H38O6/c1-14(19-13-24(2)27(5,34-24)23(31)32-19)25(3)17-8-9-18-16(15(17)11-21(25)30)12-22-28(33-22)10-6-7-20(29)26(18,28)4/h6-7,14,16,18-19,21-23,30-31H,8-13H2,1-5H3/t14-,16+,18+,19-,21-,22+,23-,24+,25+,26+,27-,28+/m1/s1. The highest BCUT2D eigenvalue weighted by Crippen LogP contribution is 2.71. The minimum Gasteiger partial charge on any atom is -0.392 e. The predicted octanol–water partition coefficient (Wildman–Crippen LogP) is 3.45. The Balaban J connectivity index is 1.23. The van der Waals surface area contributed by atoms with Gasteiger partial charge < -0.3 is 24.4 Å². The number of ether oxygens (including phenoxy) is 3. The van der Waals surface area contributed by atoms with Crippen LogP contribution in [0.1, 0.15) is 73.1 Å². The second-order valence-corrected chi connectivity index (χ2v) is 13.1. The van der Waals surface area contributed by atoms with Gasteiger partial charge in [-0.1, -0.05) is 31.1 Å². The number of carbonyl (C=O) groups excluding carboxylic acids is 1. The molecular formula is C28H38O6. The van der Waals surface area contributed by atoms with Crippen molar-refractivity contribution in [3.05, 3.63) is 23.3 Å². The number of carbonyl (C=O) groups is 1. The first kappa shape index (κ1) is 22.2. The average Bonchev–Trinajstić information content (AvgIpc) is 3.61. The quantitative estimate of drug-likeness (QED) is 0.475. The van der Waals surface area contributed by atoms with Crippen LogP contribution in [0.15, 0.2) is 23.3 Å². The van der Waals surface area contributed by atoms with E-state index in [0.29, 0.717) is 12.3 Å². The molecule has 0 amide bonds. The third-order valence-corrected chi connectivity index (χ3v) is 12.2. The Kier molecular flexibility index (Phi) is 4.08. The molecule has 0 aromatic heterocycles. The maximum atomic E-state index is 13.3. The highest BCUT2D eigenvalue weighted by Gasteiger charge is 2.77. The van der Waals surface area contributed by atoms with Gasteiger partial charge in [0, 0.05) is 11.8 Å². The van der Waals surface area contributed by atoms with E-state index in [4.69, 9.17) is 14.2 Å². The molecule has 7 aliphatic rings. The van der Waals surface area contributed by atoms with Crippen molar-refractivity contribution in [3.63, 3.8) is 0 Å². The van der Waals surface area contributed by atoms with Gasteiger partial charge >= 0.3 is 0 Å². The van der Waals surface area contributed by atoms with E-state index in [1.807, 2.05) is 13.0 Å². The van der Waals surface area contributed by atoms with Crippen molar-refractivity contribution in [2.45, 2.75) is 115 Å². The van der Waals surface area contributed by atoms with Crippen LogP contribution >= 0.6 is 0 Å². The van der Waals surface area contributed by atoms with Crippen LogP contribution in [0.4, 0.5) is 0 Å². The van der Waals surface area contributed by atoms with E-state index >= 15 is 0 Å². The minimum atomic E-state index is -0.950. The van der Waals surface area contributed by atoms with Crippen LogP contribution in [0.5, 0.6) is 0 Å². The molecule has 3 heterocycles. The summed E-state index contributed by atoms with van der Waals surface area (Å²) in [5.41, 5.74) is 0.555. The largest absolute Gasteiger partial charge is 0.392 e. The summed E-state index contributed by atoms with van der Waals surface area (Å²) in [7, 11) is 0. The van der Waals surface area contributed by atoms with Gasteiger partial charge in [-0.2, -0.15) is 0 Å². The van der Waals surface area contributed by atoms with Crippen molar-refractivity contribution < 1.29 is 29.2 Å². The molecule has 0 bridgehead atoms. The second kappa shape index (κ2) is 6.25. The molecule has 0 aromatic rings. The second-order valence-electron chi connectivity index (χ2n) is 13.1. The van der Waals surface area contributed by atoms with Gasteiger partial charge in [0.25, 0.3) is 0 Å². The highest BCUT2D eigenvalue weighted by atomic mass is 16.7. The summed E-state index contributed by atoms with van der Waals surface area (Å²) in [6.07, 6.45) is 7.35. The third-order valence-electron chi connectivity index (χ3n) is 12.2. The van der Waals surface area contributed by atoms with Gasteiger partial charge in [-0.25, -0.2) is 0 Å². The molecule has 3 aliphatic heterocycles. The summed E-state index contributed by atoms with van der Waals surface area (Å²) in [6.45, 7) is 10.5. The lowest BCUT2D eigenvalue weighted by Gasteiger charge is -2.52. The number of aliphatic hydroxyl groups is 2. The lowest BCUT2D eigenvalue weighted by molar-refractivity contribution is -0.206. The molecule has 2 N–H and O–H groups in total. The third kappa shape index (κ3) is 2.26. The molecule has 4 aliphatic carbocycles.